The third kappa shape index (κ3) is 4.78. The minimum absolute atomic E-state index is 0.0555. The Bertz CT molecular complexity index is 548. The fourth-order valence-electron chi connectivity index (χ4n) is 2.27. The van der Waals surface area contributed by atoms with E-state index in [-0.39, 0.29) is 11.6 Å². The van der Waals surface area contributed by atoms with Gasteiger partial charge in [-0.3, -0.25) is 14.4 Å². The molecule has 0 radical (unpaired) electrons. The number of hydrogen-bond donors (Lipinski definition) is 0. The van der Waals surface area contributed by atoms with E-state index in [0.29, 0.717) is 12.8 Å². The van der Waals surface area contributed by atoms with Crippen LogP contribution in [0.15, 0.2) is 11.1 Å². The monoisotopic (exact) mass is 338 g/mol. The van der Waals surface area contributed by atoms with Crippen molar-refractivity contribution in [3.8, 4) is 0 Å². The summed E-state index contributed by atoms with van der Waals surface area (Å²) in [6.45, 7) is 17.7. The zero-order chi connectivity index (χ0) is 19.5. The molecule has 4 nitrogen and oxygen atoms in total. The van der Waals surface area contributed by atoms with E-state index < -0.39 is 22.4 Å². The zero-order valence-electron chi connectivity index (χ0n) is 17.0. The molecular weight excluding hydrogens is 304 g/mol. The average Bonchev–Trinajstić information content (AvgIpc) is 2.44. The van der Waals surface area contributed by atoms with Crippen molar-refractivity contribution in [1.29, 1.82) is 0 Å². The van der Waals surface area contributed by atoms with Crippen molar-refractivity contribution < 1.29 is 19.1 Å². The third-order valence-corrected chi connectivity index (χ3v) is 5.32. The van der Waals surface area contributed by atoms with Gasteiger partial charge < -0.3 is 4.74 Å². The van der Waals surface area contributed by atoms with Gasteiger partial charge in [0.15, 0.2) is 0 Å². The summed E-state index contributed by atoms with van der Waals surface area (Å²) in [6.07, 6.45) is 1.05. The third-order valence-electron chi connectivity index (χ3n) is 5.32. The number of ketones is 2. The molecule has 0 saturated carbocycles. The van der Waals surface area contributed by atoms with Gasteiger partial charge in [-0.05, 0) is 74.3 Å². The van der Waals surface area contributed by atoms with Gasteiger partial charge in [0.05, 0.1) is 0 Å². The van der Waals surface area contributed by atoms with Crippen LogP contribution in [0.4, 0.5) is 0 Å². The molecule has 24 heavy (non-hydrogen) atoms. The van der Waals surface area contributed by atoms with Crippen LogP contribution in [-0.2, 0) is 19.1 Å². The first kappa shape index (κ1) is 22.6. The predicted molar refractivity (Wildman–Crippen MR) is 96.7 cm³/mol. The summed E-state index contributed by atoms with van der Waals surface area (Å²) in [5.74, 6) is -0.591. The van der Waals surface area contributed by atoms with E-state index in [4.69, 9.17) is 4.74 Å². The number of esters is 1. The van der Waals surface area contributed by atoms with Gasteiger partial charge in [0.2, 0.25) is 0 Å². The molecule has 0 atom stereocenters. The van der Waals surface area contributed by atoms with Gasteiger partial charge >= 0.3 is 5.97 Å². The molecule has 0 heterocycles. The molecule has 0 aliphatic carbocycles. The number of rotatable bonds is 8. The molecule has 0 amide bonds. The molecule has 138 valence electrons. The first-order valence-electron chi connectivity index (χ1n) is 8.58. The lowest BCUT2D eigenvalue weighted by Gasteiger charge is -2.35. The number of ether oxygens (including phenoxy) is 1. The predicted octanol–water partition coefficient (Wildman–Crippen LogP) is 4.66. The van der Waals surface area contributed by atoms with Crippen molar-refractivity contribution in [3.05, 3.63) is 11.1 Å². The average molecular weight is 338 g/mol. The molecule has 4 heteroatoms. The lowest BCUT2D eigenvalue weighted by Crippen LogP contribution is -2.41. The van der Waals surface area contributed by atoms with Crippen LogP contribution in [0.5, 0.6) is 0 Å². The molecule has 0 aromatic heterocycles. The normalized spacial score (nSPS) is 14.1. The van der Waals surface area contributed by atoms with Gasteiger partial charge in [0.1, 0.15) is 22.6 Å². The van der Waals surface area contributed by atoms with Crippen LogP contribution in [-0.4, -0.2) is 23.1 Å². The Labute approximate surface area is 147 Å². The standard InChI is InChI=1S/C20H34O4/c1-11-12-16(22)19(7,8)17(23)24-20(9,10)14(3)13(2)18(5,6)15(4)21/h11-12H2,1-10H3/b14-13-. The Morgan fingerprint density at radius 2 is 1.25 bits per heavy atom. The number of allylic oxidation sites excluding steroid dienone is 1. The molecule has 0 aromatic rings. The Morgan fingerprint density at radius 3 is 1.62 bits per heavy atom. The lowest BCUT2D eigenvalue weighted by atomic mass is 9.76. The highest BCUT2D eigenvalue weighted by molar-refractivity contribution is 6.03. The smallest absolute Gasteiger partial charge is 0.319 e. The lowest BCUT2D eigenvalue weighted by molar-refractivity contribution is -0.167. The second-order valence-corrected chi connectivity index (χ2v) is 8.13. The largest absolute Gasteiger partial charge is 0.454 e. The van der Waals surface area contributed by atoms with Crippen LogP contribution < -0.4 is 0 Å². The summed E-state index contributed by atoms with van der Waals surface area (Å²) >= 11 is 0. The van der Waals surface area contributed by atoms with E-state index >= 15 is 0 Å². The van der Waals surface area contributed by atoms with E-state index in [2.05, 4.69) is 0 Å². The molecule has 0 saturated heterocycles. The fourth-order valence-corrected chi connectivity index (χ4v) is 2.27. The molecule has 0 fully saturated rings. The van der Waals surface area contributed by atoms with Crippen LogP contribution in [0, 0.1) is 10.8 Å². The topological polar surface area (TPSA) is 60.4 Å². The molecular formula is C20H34O4. The van der Waals surface area contributed by atoms with Crippen LogP contribution in [0.2, 0.25) is 0 Å². The van der Waals surface area contributed by atoms with Crippen molar-refractivity contribution >= 4 is 17.5 Å². The molecule has 0 aliphatic heterocycles. The number of carbonyl (C=O) groups excluding carboxylic acids is 3. The van der Waals surface area contributed by atoms with Crippen molar-refractivity contribution in [2.75, 3.05) is 0 Å². The summed E-state index contributed by atoms with van der Waals surface area (Å²) < 4.78 is 5.70. The number of Topliss-reactive ketones (excluding diaryl/α,β-unsaturated/α-hetero) is 2. The van der Waals surface area contributed by atoms with Crippen LogP contribution in [0.25, 0.3) is 0 Å². The van der Waals surface area contributed by atoms with Crippen LogP contribution >= 0.6 is 0 Å². The van der Waals surface area contributed by atoms with Crippen LogP contribution in [0.3, 0.4) is 0 Å². The number of carbonyl (C=O) groups is 3. The molecule has 0 aromatic carbocycles. The Balaban J connectivity index is 5.59. The van der Waals surface area contributed by atoms with E-state index in [1.807, 2.05) is 34.6 Å². The van der Waals surface area contributed by atoms with Gasteiger partial charge in [0.25, 0.3) is 0 Å². The molecule has 0 aliphatic rings. The maximum atomic E-state index is 12.6. The Hall–Kier alpha value is -1.45. The first-order chi connectivity index (χ1) is 10.6. The minimum Gasteiger partial charge on any atom is -0.454 e. The highest BCUT2D eigenvalue weighted by Gasteiger charge is 2.41. The van der Waals surface area contributed by atoms with Crippen molar-refractivity contribution in [2.24, 2.45) is 10.8 Å². The van der Waals surface area contributed by atoms with E-state index in [1.54, 1.807) is 34.6 Å². The maximum absolute atomic E-state index is 12.6. The van der Waals surface area contributed by atoms with E-state index in [0.717, 1.165) is 11.1 Å². The second-order valence-electron chi connectivity index (χ2n) is 8.13. The second kappa shape index (κ2) is 7.62. The highest BCUT2D eigenvalue weighted by Crippen LogP contribution is 2.36. The van der Waals surface area contributed by atoms with E-state index in [1.165, 1.54) is 0 Å². The van der Waals surface area contributed by atoms with Gasteiger partial charge in [-0.1, -0.05) is 12.5 Å². The summed E-state index contributed by atoms with van der Waals surface area (Å²) in [7, 11) is 0. The Kier molecular flexibility index (Phi) is 7.16. The van der Waals surface area contributed by atoms with E-state index in [9.17, 15) is 14.4 Å². The number of hydrogen-bond acceptors (Lipinski definition) is 4. The molecule has 0 bridgehead atoms. The van der Waals surface area contributed by atoms with Gasteiger partial charge in [0, 0.05) is 11.8 Å². The van der Waals surface area contributed by atoms with Crippen LogP contribution in [0.1, 0.15) is 82.1 Å². The molecule has 0 unspecified atom stereocenters. The van der Waals surface area contributed by atoms with Crippen molar-refractivity contribution in [2.45, 2.75) is 87.7 Å². The fraction of sp³-hybridized carbons (Fsp3) is 0.750. The zero-order valence-corrected chi connectivity index (χ0v) is 17.0. The summed E-state index contributed by atoms with van der Waals surface area (Å²) in [4.78, 5) is 36.7. The first-order valence-corrected chi connectivity index (χ1v) is 8.58. The molecule has 0 rings (SSSR count). The van der Waals surface area contributed by atoms with Gasteiger partial charge in [-0.2, -0.15) is 0 Å². The van der Waals surface area contributed by atoms with Gasteiger partial charge in [-0.15, -0.1) is 0 Å². The van der Waals surface area contributed by atoms with Crippen molar-refractivity contribution in [3.63, 3.8) is 0 Å². The SMILES string of the molecule is CCCC(=O)C(C)(C)C(=O)OC(C)(C)/C(C)=C(/C)C(C)(C)C(C)=O. The van der Waals surface area contributed by atoms with Gasteiger partial charge in [-0.25, -0.2) is 0 Å². The van der Waals surface area contributed by atoms with Crippen molar-refractivity contribution in [1.82, 2.24) is 0 Å². The quantitative estimate of drug-likeness (QED) is 0.367. The maximum Gasteiger partial charge on any atom is 0.319 e. The Morgan fingerprint density at radius 1 is 0.792 bits per heavy atom. The molecule has 0 spiro atoms. The minimum atomic E-state index is -1.17. The molecule has 0 N–H and O–H groups in total. The summed E-state index contributed by atoms with van der Waals surface area (Å²) in [5, 5.41) is 0. The summed E-state index contributed by atoms with van der Waals surface area (Å²) in [5.41, 5.74) is -0.975. The highest BCUT2D eigenvalue weighted by atomic mass is 16.6. The summed E-state index contributed by atoms with van der Waals surface area (Å²) in [6, 6.07) is 0.